The number of hydrogen-bond acceptors (Lipinski definition) is 1. The third-order valence-electron chi connectivity index (χ3n) is 3.66. The summed E-state index contributed by atoms with van der Waals surface area (Å²) in [6.45, 7) is 3.93. The summed E-state index contributed by atoms with van der Waals surface area (Å²) in [6, 6.07) is 18.3. The molecule has 2 heteroatoms. The summed E-state index contributed by atoms with van der Waals surface area (Å²) in [5.41, 5.74) is 0.727. The molecule has 0 atom stereocenters. The zero-order valence-electron chi connectivity index (χ0n) is 12.1. The molecule has 2 nitrogen and oxygen atoms in total. The summed E-state index contributed by atoms with van der Waals surface area (Å²) >= 11 is 0. The maximum atomic E-state index is 12.3. The second-order valence-electron chi connectivity index (χ2n) is 5.19. The number of carbonyl (C=O) groups is 1. The van der Waals surface area contributed by atoms with Crippen molar-refractivity contribution < 1.29 is 4.79 Å². The van der Waals surface area contributed by atoms with Gasteiger partial charge in [0, 0.05) is 12.1 Å². The van der Waals surface area contributed by atoms with Gasteiger partial charge in [-0.2, -0.15) is 0 Å². The lowest BCUT2D eigenvalue weighted by Crippen LogP contribution is -2.20. The molecule has 1 N–H and O–H groups in total. The number of fused-ring (bicyclic) bond motifs is 2. The van der Waals surface area contributed by atoms with Gasteiger partial charge in [0.1, 0.15) is 0 Å². The molecule has 0 spiro atoms. The second kappa shape index (κ2) is 5.96. The molecule has 3 aromatic rings. The highest BCUT2D eigenvalue weighted by Crippen LogP contribution is 2.25. The summed E-state index contributed by atoms with van der Waals surface area (Å²) in [7, 11) is 0. The van der Waals surface area contributed by atoms with Crippen LogP contribution in [0.2, 0.25) is 0 Å². The predicted octanol–water partition coefficient (Wildman–Crippen LogP) is 4.68. The quantitative estimate of drug-likeness (QED) is 0.544. The fourth-order valence-corrected chi connectivity index (χ4v) is 2.55. The summed E-state index contributed by atoms with van der Waals surface area (Å²) in [5.74, 6) is -0.0377. The van der Waals surface area contributed by atoms with Crippen molar-refractivity contribution in [2.75, 3.05) is 0 Å². The van der Waals surface area contributed by atoms with Crippen LogP contribution in [0.25, 0.3) is 21.5 Å². The van der Waals surface area contributed by atoms with Gasteiger partial charge in [0.15, 0.2) is 0 Å². The average molecular weight is 276 g/mol. The van der Waals surface area contributed by atoms with E-state index in [0.717, 1.165) is 34.6 Å². The lowest BCUT2D eigenvalue weighted by atomic mass is 9.99. The first-order chi connectivity index (χ1) is 10.3. The van der Waals surface area contributed by atoms with Crippen molar-refractivity contribution in [1.82, 2.24) is 5.32 Å². The minimum Gasteiger partial charge on any atom is -0.347 e. The molecule has 3 rings (SSSR count). The van der Waals surface area contributed by atoms with Crippen molar-refractivity contribution >= 4 is 27.5 Å². The molecule has 0 unspecified atom stereocenters. The molecule has 0 saturated heterocycles. The van der Waals surface area contributed by atoms with Crippen molar-refractivity contribution in [1.29, 1.82) is 0 Å². The molecule has 1 radical (unpaired) electrons. The number of unbranched alkanes of at least 4 members (excludes halogenated alkanes) is 1. The molecule has 1 amide bonds. The fourth-order valence-electron chi connectivity index (χ4n) is 2.55. The van der Waals surface area contributed by atoms with E-state index in [1.807, 2.05) is 36.9 Å². The Hall–Kier alpha value is -2.35. The standard InChI is InChI=1S/C19H18NO/c1-2-3-11-20-19(21)17-10-6-9-16-12-14-7-4-5-8-15(14)13-18(16)17/h4-13H,2-3H2,1H3,(H,20,21). The summed E-state index contributed by atoms with van der Waals surface area (Å²) < 4.78 is 0. The van der Waals surface area contributed by atoms with Crippen LogP contribution in [0.3, 0.4) is 0 Å². The first kappa shape index (κ1) is 13.6. The monoisotopic (exact) mass is 276 g/mol. The van der Waals surface area contributed by atoms with Gasteiger partial charge in [-0.3, -0.25) is 4.79 Å². The van der Waals surface area contributed by atoms with Gasteiger partial charge in [-0.05, 0) is 46.2 Å². The number of rotatable bonds is 4. The van der Waals surface area contributed by atoms with E-state index >= 15 is 0 Å². The Morgan fingerprint density at radius 3 is 2.48 bits per heavy atom. The van der Waals surface area contributed by atoms with Gasteiger partial charge >= 0.3 is 0 Å². The van der Waals surface area contributed by atoms with Crippen molar-refractivity contribution in [2.45, 2.75) is 19.8 Å². The molecule has 0 aromatic heterocycles. The number of benzene rings is 3. The largest absolute Gasteiger partial charge is 0.347 e. The summed E-state index contributed by atoms with van der Waals surface area (Å²) in [5, 5.41) is 7.32. The van der Waals surface area contributed by atoms with Gasteiger partial charge < -0.3 is 5.32 Å². The Balaban J connectivity index is 2.06. The first-order valence-electron chi connectivity index (χ1n) is 7.33. The summed E-state index contributed by atoms with van der Waals surface area (Å²) in [4.78, 5) is 12.3. The van der Waals surface area contributed by atoms with E-state index in [2.05, 4.69) is 36.5 Å². The van der Waals surface area contributed by atoms with Gasteiger partial charge in [-0.15, -0.1) is 0 Å². The summed E-state index contributed by atoms with van der Waals surface area (Å²) in [6.07, 6.45) is 1.92. The van der Waals surface area contributed by atoms with E-state index in [9.17, 15) is 4.79 Å². The van der Waals surface area contributed by atoms with E-state index in [0.29, 0.717) is 0 Å². The molecule has 21 heavy (non-hydrogen) atoms. The number of carbonyl (C=O) groups excluding carboxylic acids is 1. The van der Waals surface area contributed by atoms with Gasteiger partial charge in [0.2, 0.25) is 0 Å². The normalized spacial score (nSPS) is 10.9. The topological polar surface area (TPSA) is 29.1 Å². The van der Waals surface area contributed by atoms with E-state index in [4.69, 9.17) is 0 Å². The molecular formula is C19H18NO. The molecule has 0 saturated carbocycles. The molecular weight excluding hydrogens is 258 g/mol. The van der Waals surface area contributed by atoms with E-state index in [1.165, 1.54) is 5.39 Å². The zero-order chi connectivity index (χ0) is 14.7. The first-order valence-corrected chi connectivity index (χ1v) is 7.33. The molecule has 0 bridgehead atoms. The zero-order valence-corrected chi connectivity index (χ0v) is 12.1. The Morgan fingerprint density at radius 1 is 1.00 bits per heavy atom. The van der Waals surface area contributed by atoms with Crippen molar-refractivity contribution in [3.05, 3.63) is 66.7 Å². The van der Waals surface area contributed by atoms with Crippen LogP contribution in [0.5, 0.6) is 0 Å². The van der Waals surface area contributed by atoms with Gasteiger partial charge in [-0.25, -0.2) is 0 Å². The van der Waals surface area contributed by atoms with E-state index in [1.54, 1.807) is 0 Å². The Kier molecular flexibility index (Phi) is 3.87. The van der Waals surface area contributed by atoms with Crippen LogP contribution in [-0.2, 0) is 0 Å². The highest BCUT2D eigenvalue weighted by Gasteiger charge is 2.10. The highest BCUT2D eigenvalue weighted by atomic mass is 16.1. The van der Waals surface area contributed by atoms with Crippen molar-refractivity contribution in [3.8, 4) is 0 Å². The molecule has 0 aliphatic heterocycles. The third kappa shape index (κ3) is 2.75. The maximum Gasteiger partial charge on any atom is 0.252 e. The minimum absolute atomic E-state index is 0.0377. The fraction of sp³-hybridized carbons (Fsp3) is 0.158. The van der Waals surface area contributed by atoms with Crippen molar-refractivity contribution in [3.63, 3.8) is 0 Å². The average Bonchev–Trinajstić information content (AvgIpc) is 2.52. The predicted molar refractivity (Wildman–Crippen MR) is 88.1 cm³/mol. The van der Waals surface area contributed by atoms with Crippen molar-refractivity contribution in [2.24, 2.45) is 0 Å². The van der Waals surface area contributed by atoms with Gasteiger partial charge in [0.25, 0.3) is 5.91 Å². The van der Waals surface area contributed by atoms with Crippen LogP contribution in [0.15, 0.2) is 54.6 Å². The van der Waals surface area contributed by atoms with Crippen LogP contribution < -0.4 is 5.32 Å². The molecule has 0 aliphatic rings. The Bertz CT molecular complexity index is 792. The van der Waals surface area contributed by atoms with Gasteiger partial charge in [0.05, 0.1) is 0 Å². The van der Waals surface area contributed by atoms with Crippen LogP contribution in [0.4, 0.5) is 0 Å². The van der Waals surface area contributed by atoms with Crippen LogP contribution >= 0.6 is 0 Å². The molecule has 3 aromatic carbocycles. The molecule has 0 fully saturated rings. The molecule has 105 valence electrons. The SMILES string of the molecule is CCC[CH]NC(=O)c1cccc2cc3ccccc3cc12. The van der Waals surface area contributed by atoms with Crippen LogP contribution in [0.1, 0.15) is 30.1 Å². The smallest absolute Gasteiger partial charge is 0.252 e. The van der Waals surface area contributed by atoms with Crippen LogP contribution in [0, 0.1) is 6.54 Å². The van der Waals surface area contributed by atoms with E-state index in [-0.39, 0.29) is 5.91 Å². The Labute approximate surface area is 124 Å². The molecule has 0 aliphatic carbocycles. The minimum atomic E-state index is -0.0377. The van der Waals surface area contributed by atoms with E-state index < -0.39 is 0 Å². The van der Waals surface area contributed by atoms with Crippen LogP contribution in [-0.4, -0.2) is 5.91 Å². The maximum absolute atomic E-state index is 12.3. The third-order valence-corrected chi connectivity index (χ3v) is 3.66. The Morgan fingerprint density at radius 2 is 1.71 bits per heavy atom. The number of amides is 1. The number of nitrogens with one attached hydrogen (secondary N) is 1. The lowest BCUT2D eigenvalue weighted by molar-refractivity contribution is 0.0964. The van der Waals surface area contributed by atoms with Gasteiger partial charge in [-0.1, -0.05) is 49.7 Å². The number of hydrogen-bond donors (Lipinski definition) is 1. The molecule has 0 heterocycles. The highest BCUT2D eigenvalue weighted by molar-refractivity contribution is 6.10. The lowest BCUT2D eigenvalue weighted by Gasteiger charge is -2.09. The second-order valence-corrected chi connectivity index (χ2v) is 5.19.